The molecule has 2 aromatic carbocycles. The van der Waals surface area contributed by atoms with Crippen LogP contribution < -0.4 is 0 Å². The zero-order valence-corrected chi connectivity index (χ0v) is 12.7. The predicted molar refractivity (Wildman–Crippen MR) is 85.3 cm³/mol. The summed E-state index contributed by atoms with van der Waals surface area (Å²) in [4.78, 5) is 9.37. The van der Waals surface area contributed by atoms with Crippen molar-refractivity contribution in [3.8, 4) is 0 Å². The molecule has 120 valence electrons. The Hall–Kier alpha value is -2.69. The van der Waals surface area contributed by atoms with Crippen LogP contribution in [0.1, 0.15) is 18.9 Å². The first kappa shape index (κ1) is 16.7. The second kappa shape index (κ2) is 7.54. The smallest absolute Gasteiger partial charge is 0.303 e. The van der Waals surface area contributed by atoms with E-state index in [-0.39, 0.29) is 18.1 Å². The van der Waals surface area contributed by atoms with Crippen molar-refractivity contribution in [2.24, 2.45) is 0 Å². The maximum atomic E-state index is 13.1. The molecule has 0 amide bonds. The zero-order valence-electron chi connectivity index (χ0n) is 12.7. The highest BCUT2D eigenvalue weighted by Crippen LogP contribution is 2.18. The molecular weight excluding hydrogens is 300 g/mol. The highest BCUT2D eigenvalue weighted by molar-refractivity contribution is 5.80. The quantitative estimate of drug-likeness (QED) is 0.775. The van der Waals surface area contributed by atoms with Gasteiger partial charge in [-0.3, -0.25) is 4.79 Å². The van der Waals surface area contributed by atoms with Gasteiger partial charge in [0.2, 0.25) is 0 Å². The van der Waals surface area contributed by atoms with E-state index in [1.165, 1.54) is 24.3 Å². The van der Waals surface area contributed by atoms with Gasteiger partial charge in [0.15, 0.2) is 0 Å². The van der Waals surface area contributed by atoms with Crippen LogP contribution in [0.3, 0.4) is 0 Å². The van der Waals surface area contributed by atoms with Gasteiger partial charge in [-0.2, -0.15) is 0 Å². The SMILES string of the molecule is CCC(=O)O.Fc1cccc(Cn2ccc3cc(F)ccc32)c1. The lowest BCUT2D eigenvalue weighted by atomic mass is 10.2. The molecule has 3 rings (SSSR count). The lowest BCUT2D eigenvalue weighted by Gasteiger charge is -2.05. The third-order valence-electron chi connectivity index (χ3n) is 3.28. The van der Waals surface area contributed by atoms with Gasteiger partial charge in [-0.1, -0.05) is 19.1 Å². The average Bonchev–Trinajstić information content (AvgIpc) is 2.90. The molecule has 23 heavy (non-hydrogen) atoms. The van der Waals surface area contributed by atoms with Crippen molar-refractivity contribution in [2.45, 2.75) is 19.9 Å². The summed E-state index contributed by atoms with van der Waals surface area (Å²) in [6.45, 7) is 2.18. The number of nitrogens with zero attached hydrogens (tertiary/aromatic N) is 1. The second-order valence-electron chi connectivity index (χ2n) is 5.02. The molecule has 0 atom stereocenters. The van der Waals surface area contributed by atoms with Crippen molar-refractivity contribution < 1.29 is 18.7 Å². The third-order valence-corrected chi connectivity index (χ3v) is 3.28. The summed E-state index contributed by atoms with van der Waals surface area (Å²) in [5, 5.41) is 8.58. The molecule has 0 fully saturated rings. The van der Waals surface area contributed by atoms with Crippen molar-refractivity contribution in [3.05, 3.63) is 71.9 Å². The van der Waals surface area contributed by atoms with Crippen LogP contribution in [-0.2, 0) is 11.3 Å². The number of carbonyl (C=O) groups is 1. The van der Waals surface area contributed by atoms with Gasteiger partial charge in [-0.05, 0) is 42.0 Å². The molecule has 0 spiro atoms. The number of benzene rings is 2. The van der Waals surface area contributed by atoms with Crippen LogP contribution in [0.5, 0.6) is 0 Å². The van der Waals surface area contributed by atoms with Gasteiger partial charge < -0.3 is 9.67 Å². The number of aromatic nitrogens is 1. The Kier molecular flexibility index (Phi) is 5.46. The molecule has 0 saturated carbocycles. The second-order valence-corrected chi connectivity index (χ2v) is 5.02. The summed E-state index contributed by atoms with van der Waals surface area (Å²) in [6.07, 6.45) is 2.11. The molecule has 5 heteroatoms. The van der Waals surface area contributed by atoms with E-state index in [1.54, 1.807) is 19.1 Å². The summed E-state index contributed by atoms with van der Waals surface area (Å²) in [6, 6.07) is 13.0. The maximum Gasteiger partial charge on any atom is 0.303 e. The van der Waals surface area contributed by atoms with Crippen LogP contribution in [0.25, 0.3) is 10.9 Å². The Bertz CT molecular complexity index is 812. The van der Waals surface area contributed by atoms with Crippen molar-refractivity contribution >= 4 is 16.9 Å². The first-order valence-corrected chi connectivity index (χ1v) is 7.20. The number of hydrogen-bond donors (Lipinski definition) is 1. The Balaban J connectivity index is 0.000000338. The summed E-state index contributed by atoms with van der Waals surface area (Å²) >= 11 is 0. The predicted octanol–water partition coefficient (Wildman–Crippen LogP) is 4.45. The molecule has 1 heterocycles. The Morgan fingerprint density at radius 2 is 1.78 bits per heavy atom. The number of hydrogen-bond acceptors (Lipinski definition) is 1. The molecule has 0 saturated heterocycles. The van der Waals surface area contributed by atoms with Gasteiger partial charge in [0.05, 0.1) is 0 Å². The molecule has 0 bridgehead atoms. The molecule has 1 aromatic heterocycles. The number of fused-ring (bicyclic) bond motifs is 1. The molecule has 0 aliphatic carbocycles. The Morgan fingerprint density at radius 1 is 1.09 bits per heavy atom. The lowest BCUT2D eigenvalue weighted by Crippen LogP contribution is -1.98. The van der Waals surface area contributed by atoms with Gasteiger partial charge in [0.25, 0.3) is 0 Å². The maximum absolute atomic E-state index is 13.1. The van der Waals surface area contributed by atoms with Crippen molar-refractivity contribution in [1.29, 1.82) is 0 Å². The molecule has 3 nitrogen and oxygen atoms in total. The summed E-state index contributed by atoms with van der Waals surface area (Å²) < 4.78 is 28.1. The molecule has 0 unspecified atom stereocenters. The first-order valence-electron chi connectivity index (χ1n) is 7.20. The standard InChI is InChI=1S/C15H11F2N.C3H6O2/c16-13-3-1-2-11(8-13)10-18-7-6-12-9-14(17)4-5-15(12)18;1-2-3(4)5/h1-9H,10H2;2H2,1H3,(H,4,5). The van der Waals surface area contributed by atoms with Crippen LogP contribution in [0, 0.1) is 11.6 Å². The summed E-state index contributed by atoms with van der Waals surface area (Å²) in [5.74, 6) is -1.23. The van der Waals surface area contributed by atoms with E-state index in [0.717, 1.165) is 16.5 Å². The van der Waals surface area contributed by atoms with Crippen molar-refractivity contribution in [2.75, 3.05) is 0 Å². The molecule has 1 N–H and O–H groups in total. The molecule has 3 aromatic rings. The molecule has 0 radical (unpaired) electrons. The minimum atomic E-state index is -0.745. The van der Waals surface area contributed by atoms with Gasteiger partial charge in [0.1, 0.15) is 11.6 Å². The number of carboxylic acid groups (broad SMARTS) is 1. The number of halogens is 2. The number of carboxylic acids is 1. The van der Waals surface area contributed by atoms with Gasteiger partial charge in [-0.15, -0.1) is 0 Å². The average molecular weight is 317 g/mol. The largest absolute Gasteiger partial charge is 0.481 e. The van der Waals surface area contributed by atoms with Crippen molar-refractivity contribution in [3.63, 3.8) is 0 Å². The Labute approximate surface area is 132 Å². The fourth-order valence-electron chi connectivity index (χ4n) is 2.14. The number of aliphatic carboxylic acids is 1. The molecule has 0 aliphatic rings. The third kappa shape index (κ3) is 4.64. The molecule has 0 aliphatic heterocycles. The highest BCUT2D eigenvalue weighted by atomic mass is 19.1. The van der Waals surface area contributed by atoms with E-state index in [4.69, 9.17) is 5.11 Å². The minimum absolute atomic E-state index is 0.222. The van der Waals surface area contributed by atoms with Crippen LogP contribution in [0.4, 0.5) is 8.78 Å². The van der Waals surface area contributed by atoms with E-state index in [1.807, 2.05) is 22.9 Å². The Morgan fingerprint density at radius 3 is 2.43 bits per heavy atom. The van der Waals surface area contributed by atoms with Crippen LogP contribution in [0.15, 0.2) is 54.7 Å². The van der Waals surface area contributed by atoms with Crippen LogP contribution in [-0.4, -0.2) is 15.6 Å². The van der Waals surface area contributed by atoms with Crippen molar-refractivity contribution in [1.82, 2.24) is 4.57 Å². The fourth-order valence-corrected chi connectivity index (χ4v) is 2.14. The van der Waals surface area contributed by atoms with Gasteiger partial charge >= 0.3 is 5.97 Å². The first-order chi connectivity index (χ1) is 11.0. The lowest BCUT2D eigenvalue weighted by molar-refractivity contribution is -0.136. The molecular formula is C18H17F2NO2. The zero-order chi connectivity index (χ0) is 16.8. The van der Waals surface area contributed by atoms with Crippen LogP contribution in [0.2, 0.25) is 0 Å². The van der Waals surface area contributed by atoms with Gasteiger partial charge in [-0.25, -0.2) is 8.78 Å². The van der Waals surface area contributed by atoms with Crippen LogP contribution >= 0.6 is 0 Å². The van der Waals surface area contributed by atoms with E-state index < -0.39 is 5.97 Å². The monoisotopic (exact) mass is 317 g/mol. The van der Waals surface area contributed by atoms with E-state index >= 15 is 0 Å². The topological polar surface area (TPSA) is 42.2 Å². The highest BCUT2D eigenvalue weighted by Gasteiger charge is 2.03. The normalized spacial score (nSPS) is 10.2. The van der Waals surface area contributed by atoms with E-state index in [2.05, 4.69) is 0 Å². The number of rotatable bonds is 3. The minimum Gasteiger partial charge on any atom is -0.481 e. The van der Waals surface area contributed by atoms with Gasteiger partial charge in [0, 0.05) is 30.1 Å². The summed E-state index contributed by atoms with van der Waals surface area (Å²) in [7, 11) is 0. The summed E-state index contributed by atoms with van der Waals surface area (Å²) in [5.41, 5.74) is 1.83. The van der Waals surface area contributed by atoms with E-state index in [9.17, 15) is 13.6 Å². The fraction of sp³-hybridized carbons (Fsp3) is 0.167. The van der Waals surface area contributed by atoms with E-state index in [0.29, 0.717) is 6.54 Å².